The molecule has 0 heterocycles. The van der Waals surface area contributed by atoms with Gasteiger partial charge in [-0.25, -0.2) is 0 Å². The van der Waals surface area contributed by atoms with E-state index in [0.717, 1.165) is 38.5 Å². The van der Waals surface area contributed by atoms with E-state index in [1.54, 1.807) is 0 Å². The van der Waals surface area contributed by atoms with Crippen LogP contribution in [0.25, 0.3) is 0 Å². The van der Waals surface area contributed by atoms with E-state index in [1.165, 1.54) is 141 Å². The second-order valence-electron chi connectivity index (χ2n) is 13.7. The Kier molecular flexibility index (Phi) is 40.1. The maximum atomic E-state index is 12.2. The van der Waals surface area contributed by atoms with Crippen LogP contribution in [-0.4, -0.2) is 37.0 Å². The lowest BCUT2D eigenvalue weighted by Crippen LogP contribution is -2.27. The van der Waals surface area contributed by atoms with Crippen LogP contribution in [0.15, 0.2) is 48.6 Å². The minimum absolute atomic E-state index is 0.178. The van der Waals surface area contributed by atoms with E-state index < -0.39 is 6.10 Å². The van der Waals surface area contributed by atoms with Gasteiger partial charge in [0.2, 0.25) is 0 Å². The Balaban J connectivity index is 3.46. The Morgan fingerprint density at radius 3 is 1.35 bits per heavy atom. The highest BCUT2D eigenvalue weighted by Gasteiger charge is 2.13. The zero-order chi connectivity index (χ0) is 34.9. The molecule has 0 saturated carbocycles. The van der Waals surface area contributed by atoms with Gasteiger partial charge in [0.15, 0.2) is 0 Å². The highest BCUT2D eigenvalue weighted by molar-refractivity contribution is 5.69. The lowest BCUT2D eigenvalue weighted by molar-refractivity contribution is -0.154. The number of rotatable bonds is 38. The highest BCUT2D eigenvalue weighted by atomic mass is 16.6. The lowest BCUT2D eigenvalue weighted by atomic mass is 10.1. The van der Waals surface area contributed by atoms with Crippen molar-refractivity contribution in [2.75, 3.05) is 19.8 Å². The van der Waals surface area contributed by atoms with Crippen LogP contribution < -0.4 is 0 Å². The molecule has 0 aliphatic rings. The first kappa shape index (κ1) is 46.4. The largest absolute Gasteiger partial charge is 0.457 e. The summed E-state index contributed by atoms with van der Waals surface area (Å²) in [5, 5.41) is 9.59. The molecular weight excluding hydrogens is 592 g/mol. The second kappa shape index (κ2) is 41.5. The number of hydrogen-bond acceptors (Lipinski definition) is 4. The number of esters is 1. The summed E-state index contributed by atoms with van der Waals surface area (Å²) in [6.45, 7) is 5.28. The van der Waals surface area contributed by atoms with E-state index in [4.69, 9.17) is 9.47 Å². The van der Waals surface area contributed by atoms with Crippen LogP contribution in [0.4, 0.5) is 0 Å². The lowest BCUT2D eigenvalue weighted by Gasteiger charge is -2.15. The average molecular weight is 673 g/mol. The maximum Gasteiger partial charge on any atom is 0.306 e. The molecule has 0 aliphatic carbocycles. The molecule has 0 aromatic carbocycles. The molecule has 0 radical (unpaired) electrons. The van der Waals surface area contributed by atoms with Crippen molar-refractivity contribution in [1.82, 2.24) is 0 Å². The molecule has 280 valence electrons. The van der Waals surface area contributed by atoms with E-state index >= 15 is 0 Å². The molecule has 1 unspecified atom stereocenters. The standard InChI is InChI=1S/C44H80O4/c1-3-5-7-9-11-13-15-17-19-20-21-22-23-24-25-27-29-31-33-35-37-39-44(46)48-43(41-45)42-47-40-38-36-34-32-30-28-26-18-16-14-12-10-8-6-4-2/h10,12,15-18,20-21,43,45H,3-9,11,13-14,19,22-42H2,1-2H3/b12-10-,17-15-,18-16-,21-20-. The zero-order valence-electron chi connectivity index (χ0n) is 32.0. The zero-order valence-corrected chi connectivity index (χ0v) is 32.0. The molecule has 0 rings (SSSR count). The van der Waals surface area contributed by atoms with Gasteiger partial charge in [-0.3, -0.25) is 4.79 Å². The van der Waals surface area contributed by atoms with Crippen LogP contribution in [-0.2, 0) is 14.3 Å². The van der Waals surface area contributed by atoms with E-state index in [2.05, 4.69) is 62.5 Å². The van der Waals surface area contributed by atoms with Crippen molar-refractivity contribution in [3.05, 3.63) is 48.6 Å². The van der Waals surface area contributed by atoms with Crippen LogP contribution in [0, 0.1) is 0 Å². The Morgan fingerprint density at radius 2 is 0.896 bits per heavy atom. The molecule has 4 heteroatoms. The van der Waals surface area contributed by atoms with Gasteiger partial charge < -0.3 is 14.6 Å². The molecule has 0 saturated heterocycles. The summed E-state index contributed by atoms with van der Waals surface area (Å²) < 4.78 is 11.1. The first-order valence-electron chi connectivity index (χ1n) is 20.7. The van der Waals surface area contributed by atoms with Crippen LogP contribution in [0.3, 0.4) is 0 Å². The predicted molar refractivity (Wildman–Crippen MR) is 210 cm³/mol. The smallest absolute Gasteiger partial charge is 0.306 e. The number of unbranched alkanes of at least 4 members (excludes halogenated alkanes) is 22. The molecule has 0 spiro atoms. The molecule has 0 bridgehead atoms. The molecule has 0 aromatic heterocycles. The third-order valence-corrected chi connectivity index (χ3v) is 8.88. The third kappa shape index (κ3) is 38.8. The SMILES string of the molecule is CCCC/C=C\C/C=C\CCCCCCCCOCC(CO)OC(=O)CCCCCCCCCCC/C=C\C/C=C\CCCCCCC. The molecule has 1 N–H and O–H groups in total. The van der Waals surface area contributed by atoms with Crippen LogP contribution in [0.5, 0.6) is 0 Å². The molecule has 48 heavy (non-hydrogen) atoms. The number of allylic oxidation sites excluding steroid dienone is 8. The first-order chi connectivity index (χ1) is 23.7. The number of ether oxygens (including phenoxy) is 2. The summed E-state index contributed by atoms with van der Waals surface area (Å²) in [6.07, 6.45) is 53.0. The summed E-state index contributed by atoms with van der Waals surface area (Å²) in [5.74, 6) is -0.209. The number of hydrogen-bond donors (Lipinski definition) is 1. The maximum absolute atomic E-state index is 12.2. The molecule has 4 nitrogen and oxygen atoms in total. The summed E-state index contributed by atoms with van der Waals surface area (Å²) in [5.41, 5.74) is 0. The van der Waals surface area contributed by atoms with Gasteiger partial charge in [-0.1, -0.05) is 172 Å². The van der Waals surface area contributed by atoms with Gasteiger partial charge in [0.05, 0.1) is 13.2 Å². The summed E-state index contributed by atoms with van der Waals surface area (Å²) >= 11 is 0. The molecule has 0 amide bonds. The number of carbonyl (C=O) groups is 1. The van der Waals surface area contributed by atoms with Gasteiger partial charge in [0.25, 0.3) is 0 Å². The third-order valence-electron chi connectivity index (χ3n) is 8.88. The van der Waals surface area contributed by atoms with Gasteiger partial charge in [-0.15, -0.1) is 0 Å². The fraction of sp³-hybridized carbons (Fsp3) is 0.795. The van der Waals surface area contributed by atoms with E-state index in [9.17, 15) is 9.90 Å². The van der Waals surface area contributed by atoms with E-state index in [-0.39, 0.29) is 19.2 Å². The minimum atomic E-state index is -0.542. The van der Waals surface area contributed by atoms with E-state index in [0.29, 0.717) is 13.0 Å². The topological polar surface area (TPSA) is 55.8 Å². The number of aliphatic hydroxyl groups excluding tert-OH is 1. The van der Waals surface area contributed by atoms with E-state index in [1.807, 2.05) is 0 Å². The second-order valence-corrected chi connectivity index (χ2v) is 13.7. The molecule has 1 atom stereocenters. The Labute approximate surface area is 299 Å². The van der Waals surface area contributed by atoms with Gasteiger partial charge in [0.1, 0.15) is 6.10 Å². The predicted octanol–water partition coefficient (Wildman–Crippen LogP) is 13.5. The van der Waals surface area contributed by atoms with Gasteiger partial charge in [-0.2, -0.15) is 0 Å². The van der Waals surface area contributed by atoms with Crippen molar-refractivity contribution < 1.29 is 19.4 Å². The molecular formula is C44H80O4. The average Bonchev–Trinajstić information content (AvgIpc) is 3.09. The quantitative estimate of drug-likeness (QED) is 0.0403. The minimum Gasteiger partial charge on any atom is -0.457 e. The van der Waals surface area contributed by atoms with Gasteiger partial charge >= 0.3 is 5.97 Å². The summed E-state index contributed by atoms with van der Waals surface area (Å²) in [6, 6.07) is 0. The van der Waals surface area contributed by atoms with Crippen LogP contribution in [0.1, 0.15) is 200 Å². The highest BCUT2D eigenvalue weighted by Crippen LogP contribution is 2.13. The fourth-order valence-electron chi connectivity index (χ4n) is 5.73. The van der Waals surface area contributed by atoms with Crippen molar-refractivity contribution in [1.29, 1.82) is 0 Å². The molecule has 0 fully saturated rings. The van der Waals surface area contributed by atoms with Crippen molar-refractivity contribution >= 4 is 5.97 Å². The fourth-order valence-corrected chi connectivity index (χ4v) is 5.73. The Bertz CT molecular complexity index is 753. The Morgan fingerprint density at radius 1 is 0.500 bits per heavy atom. The van der Waals surface area contributed by atoms with Crippen molar-refractivity contribution in [3.63, 3.8) is 0 Å². The first-order valence-corrected chi connectivity index (χ1v) is 20.7. The van der Waals surface area contributed by atoms with Crippen LogP contribution in [0.2, 0.25) is 0 Å². The Hall–Kier alpha value is -1.65. The monoisotopic (exact) mass is 673 g/mol. The normalized spacial score (nSPS) is 12.8. The van der Waals surface area contributed by atoms with Crippen LogP contribution >= 0.6 is 0 Å². The van der Waals surface area contributed by atoms with Crippen molar-refractivity contribution in [2.24, 2.45) is 0 Å². The summed E-state index contributed by atoms with van der Waals surface area (Å²) in [7, 11) is 0. The molecule has 0 aromatic rings. The summed E-state index contributed by atoms with van der Waals surface area (Å²) in [4.78, 5) is 12.2. The molecule has 0 aliphatic heterocycles. The number of carbonyl (C=O) groups excluding carboxylic acids is 1. The van der Waals surface area contributed by atoms with Gasteiger partial charge in [-0.05, 0) is 70.6 Å². The van der Waals surface area contributed by atoms with Crippen molar-refractivity contribution in [3.8, 4) is 0 Å². The van der Waals surface area contributed by atoms with Crippen molar-refractivity contribution in [2.45, 2.75) is 206 Å². The van der Waals surface area contributed by atoms with Gasteiger partial charge in [0, 0.05) is 13.0 Å². The number of aliphatic hydroxyl groups is 1.